The molecule has 1 aromatic rings. The number of rotatable bonds is 7. The number of nitrogens with one attached hydrogen (secondary N) is 1. The second kappa shape index (κ2) is 8.70. The van der Waals surface area contributed by atoms with Crippen molar-refractivity contribution in [2.24, 2.45) is 5.92 Å². The average molecular weight is 345 g/mol. The number of hydrogen-bond acceptors (Lipinski definition) is 4. The Kier molecular flexibility index (Phi) is 6.62. The summed E-state index contributed by atoms with van der Waals surface area (Å²) in [7, 11) is 1.59. The quantitative estimate of drug-likeness (QED) is 0.768. The van der Waals surface area contributed by atoms with Crippen molar-refractivity contribution in [2.45, 2.75) is 46.0 Å². The van der Waals surface area contributed by atoms with E-state index in [0.717, 1.165) is 18.4 Å². The first kappa shape index (κ1) is 19.0. The second-order valence-corrected chi connectivity index (χ2v) is 6.37. The fourth-order valence-corrected chi connectivity index (χ4v) is 3.19. The lowest BCUT2D eigenvalue weighted by Crippen LogP contribution is -2.34. The molecule has 1 N–H and O–H groups in total. The molecular formula is C20H27NO4. The van der Waals surface area contributed by atoms with Gasteiger partial charge in [-0.15, -0.1) is 0 Å². The van der Waals surface area contributed by atoms with Crippen LogP contribution in [0.2, 0.25) is 0 Å². The van der Waals surface area contributed by atoms with E-state index in [2.05, 4.69) is 19.2 Å². The van der Waals surface area contributed by atoms with Gasteiger partial charge in [0, 0.05) is 23.6 Å². The van der Waals surface area contributed by atoms with Gasteiger partial charge in [0.1, 0.15) is 5.75 Å². The number of benzene rings is 1. The first-order valence-corrected chi connectivity index (χ1v) is 8.82. The summed E-state index contributed by atoms with van der Waals surface area (Å²) >= 11 is 0. The third-order valence-corrected chi connectivity index (χ3v) is 4.81. The minimum atomic E-state index is -0.362. The molecule has 1 amide bonds. The molecule has 0 aromatic heterocycles. The molecule has 136 valence electrons. The maximum Gasteiger partial charge on any atom is 0.336 e. The largest absolute Gasteiger partial charge is 0.496 e. The Labute approximate surface area is 149 Å². The Morgan fingerprint density at radius 1 is 1.28 bits per heavy atom. The van der Waals surface area contributed by atoms with Crippen LogP contribution in [0.15, 0.2) is 35.5 Å². The molecule has 5 nitrogen and oxygen atoms in total. The zero-order chi connectivity index (χ0) is 18.4. The van der Waals surface area contributed by atoms with E-state index >= 15 is 0 Å². The molecule has 5 heteroatoms. The Balaban J connectivity index is 2.32. The van der Waals surface area contributed by atoms with Gasteiger partial charge in [0.15, 0.2) is 0 Å². The zero-order valence-corrected chi connectivity index (χ0v) is 15.4. The number of allylic oxidation sites excluding steroid dienone is 1. The maximum absolute atomic E-state index is 12.8. The van der Waals surface area contributed by atoms with Gasteiger partial charge in [-0.25, -0.2) is 4.79 Å². The molecule has 0 bridgehead atoms. The zero-order valence-electron chi connectivity index (χ0n) is 15.4. The van der Waals surface area contributed by atoms with Crippen molar-refractivity contribution in [3.63, 3.8) is 0 Å². The summed E-state index contributed by atoms with van der Waals surface area (Å²) in [6.07, 6.45) is 2.14. The molecule has 1 aromatic carbocycles. The van der Waals surface area contributed by atoms with Crippen LogP contribution in [0.3, 0.4) is 0 Å². The maximum atomic E-state index is 12.8. The fraction of sp³-hybridized carbons (Fsp3) is 0.500. The number of amides is 1. The number of methoxy groups -OCH3 is 1. The molecular weight excluding hydrogens is 318 g/mol. The van der Waals surface area contributed by atoms with E-state index in [1.165, 1.54) is 0 Å². The van der Waals surface area contributed by atoms with Crippen LogP contribution in [0, 0.1) is 5.92 Å². The summed E-state index contributed by atoms with van der Waals surface area (Å²) in [5, 5.41) is 2.76. The summed E-state index contributed by atoms with van der Waals surface area (Å²) < 4.78 is 11.0. The highest BCUT2D eigenvalue weighted by Crippen LogP contribution is 2.38. The number of hydrogen-bond donors (Lipinski definition) is 1. The van der Waals surface area contributed by atoms with Crippen LogP contribution in [0.25, 0.3) is 0 Å². The van der Waals surface area contributed by atoms with Crippen LogP contribution in [0.1, 0.15) is 51.5 Å². The first-order chi connectivity index (χ1) is 12.0. The molecule has 0 saturated heterocycles. The lowest BCUT2D eigenvalue weighted by molar-refractivity contribution is -0.141. The fourth-order valence-electron chi connectivity index (χ4n) is 3.19. The predicted octanol–water partition coefficient (Wildman–Crippen LogP) is 3.55. The molecule has 2 rings (SSSR count). The third-order valence-electron chi connectivity index (χ3n) is 4.81. The topological polar surface area (TPSA) is 64.6 Å². The molecule has 0 spiro atoms. The van der Waals surface area contributed by atoms with Crippen molar-refractivity contribution in [1.29, 1.82) is 0 Å². The highest BCUT2D eigenvalue weighted by atomic mass is 16.5. The van der Waals surface area contributed by atoms with Crippen LogP contribution < -0.4 is 10.1 Å². The summed E-state index contributed by atoms with van der Waals surface area (Å²) in [6, 6.07) is 7.48. The van der Waals surface area contributed by atoms with Crippen LogP contribution in [-0.2, 0) is 14.3 Å². The summed E-state index contributed by atoms with van der Waals surface area (Å²) in [5.41, 5.74) is 1.89. The second-order valence-electron chi connectivity index (χ2n) is 6.37. The van der Waals surface area contributed by atoms with Crippen LogP contribution >= 0.6 is 0 Å². The molecule has 1 atom stereocenters. The Morgan fingerprint density at radius 2 is 1.96 bits per heavy atom. The number of carbonyl (C=O) groups excluding carboxylic acids is 2. The summed E-state index contributed by atoms with van der Waals surface area (Å²) in [4.78, 5) is 24.8. The van der Waals surface area contributed by atoms with E-state index in [4.69, 9.17) is 9.47 Å². The van der Waals surface area contributed by atoms with Crippen molar-refractivity contribution in [2.75, 3.05) is 13.7 Å². The molecule has 1 unspecified atom stereocenters. The minimum absolute atomic E-state index is 0.107. The van der Waals surface area contributed by atoms with Gasteiger partial charge in [0.25, 0.3) is 0 Å². The molecule has 0 aliphatic carbocycles. The van der Waals surface area contributed by atoms with Crippen molar-refractivity contribution in [1.82, 2.24) is 5.32 Å². The smallest absolute Gasteiger partial charge is 0.336 e. The van der Waals surface area contributed by atoms with E-state index in [1.54, 1.807) is 14.0 Å². The standard InChI is InChI=1S/C20H27NO4/c1-5-14(6-2)12-25-20(23)19-13(3)21-18(22)11-16(19)15-9-7-8-10-17(15)24-4/h7-10,14,16H,5-6,11-12H2,1-4H3,(H,21,22). The van der Waals surface area contributed by atoms with E-state index in [0.29, 0.717) is 29.5 Å². The molecule has 25 heavy (non-hydrogen) atoms. The van der Waals surface area contributed by atoms with Crippen molar-refractivity contribution in [3.05, 3.63) is 41.1 Å². The Hall–Kier alpha value is -2.30. The van der Waals surface area contributed by atoms with Crippen molar-refractivity contribution < 1.29 is 19.1 Å². The lowest BCUT2D eigenvalue weighted by atomic mass is 9.84. The first-order valence-electron chi connectivity index (χ1n) is 8.82. The van der Waals surface area contributed by atoms with Crippen LogP contribution in [-0.4, -0.2) is 25.6 Å². The number of ether oxygens (including phenoxy) is 2. The van der Waals surface area contributed by atoms with Gasteiger partial charge in [-0.3, -0.25) is 4.79 Å². The summed E-state index contributed by atoms with van der Waals surface area (Å²) in [5.74, 6) is 0.192. The van der Waals surface area contributed by atoms with E-state index in [9.17, 15) is 9.59 Å². The molecule has 0 saturated carbocycles. The van der Waals surface area contributed by atoms with Crippen LogP contribution in [0.4, 0.5) is 0 Å². The molecule has 1 heterocycles. The van der Waals surface area contributed by atoms with Crippen LogP contribution in [0.5, 0.6) is 5.75 Å². The summed E-state index contributed by atoms with van der Waals surface area (Å²) in [6.45, 7) is 6.32. The SMILES string of the molecule is CCC(CC)COC(=O)C1=C(C)NC(=O)CC1c1ccccc1OC. The molecule has 0 radical (unpaired) electrons. The molecule has 0 fully saturated rings. The van der Waals surface area contributed by atoms with Gasteiger partial charge >= 0.3 is 5.97 Å². The van der Waals surface area contributed by atoms with E-state index < -0.39 is 0 Å². The molecule has 1 aliphatic rings. The number of carbonyl (C=O) groups is 2. The number of para-hydroxylation sites is 1. The monoisotopic (exact) mass is 345 g/mol. The van der Waals surface area contributed by atoms with Gasteiger partial charge in [-0.2, -0.15) is 0 Å². The third kappa shape index (κ3) is 4.41. The van der Waals surface area contributed by atoms with E-state index in [1.807, 2.05) is 24.3 Å². The normalized spacial score (nSPS) is 17.5. The van der Waals surface area contributed by atoms with Gasteiger partial charge < -0.3 is 14.8 Å². The van der Waals surface area contributed by atoms with Gasteiger partial charge in [0.2, 0.25) is 5.91 Å². The highest BCUT2D eigenvalue weighted by Gasteiger charge is 2.34. The molecule has 1 aliphatic heterocycles. The Morgan fingerprint density at radius 3 is 2.60 bits per heavy atom. The van der Waals surface area contributed by atoms with Crippen molar-refractivity contribution >= 4 is 11.9 Å². The lowest BCUT2D eigenvalue weighted by Gasteiger charge is -2.28. The van der Waals surface area contributed by atoms with Crippen molar-refractivity contribution in [3.8, 4) is 5.75 Å². The Bertz CT molecular complexity index is 661. The average Bonchev–Trinajstić information content (AvgIpc) is 2.61. The predicted molar refractivity (Wildman–Crippen MR) is 96.2 cm³/mol. The van der Waals surface area contributed by atoms with Gasteiger partial charge in [-0.05, 0) is 18.9 Å². The van der Waals surface area contributed by atoms with E-state index in [-0.39, 0.29) is 24.2 Å². The highest BCUT2D eigenvalue weighted by molar-refractivity contribution is 5.96. The van der Waals surface area contributed by atoms with Gasteiger partial charge in [-0.1, -0.05) is 44.9 Å². The number of esters is 1. The minimum Gasteiger partial charge on any atom is -0.496 e. The van der Waals surface area contributed by atoms with Gasteiger partial charge in [0.05, 0.1) is 19.3 Å².